The molecule has 0 saturated heterocycles. The smallest absolute Gasteiger partial charge is 0.0126 e. The molecular formula is C21H36. The van der Waals surface area contributed by atoms with Gasteiger partial charge in [0, 0.05) is 0 Å². The lowest BCUT2D eigenvalue weighted by molar-refractivity contribution is 0.321. The fourth-order valence-corrected chi connectivity index (χ4v) is 2.97. The molecule has 1 rings (SSSR count). The molecule has 0 nitrogen and oxygen atoms in total. The maximum atomic E-state index is 2.39. The summed E-state index contributed by atoms with van der Waals surface area (Å²) in [7, 11) is 0. The molecule has 0 N–H and O–H groups in total. The van der Waals surface area contributed by atoms with E-state index in [1.54, 1.807) is 11.1 Å². The van der Waals surface area contributed by atoms with Gasteiger partial charge in [-0.3, -0.25) is 0 Å². The second-order valence-corrected chi connectivity index (χ2v) is 9.36. The highest BCUT2D eigenvalue weighted by atomic mass is 14.3. The van der Waals surface area contributed by atoms with Gasteiger partial charge in [-0.1, -0.05) is 86.9 Å². The van der Waals surface area contributed by atoms with Crippen molar-refractivity contribution in [1.29, 1.82) is 0 Å². The molecule has 0 amide bonds. The van der Waals surface area contributed by atoms with Crippen LogP contribution in [0.15, 0.2) is 18.2 Å². The van der Waals surface area contributed by atoms with Gasteiger partial charge < -0.3 is 0 Å². The minimum atomic E-state index is 0.204. The molecule has 0 spiro atoms. The first-order chi connectivity index (χ1) is 9.38. The zero-order chi connectivity index (χ0) is 16.5. The van der Waals surface area contributed by atoms with Crippen LogP contribution in [0.1, 0.15) is 91.8 Å². The van der Waals surface area contributed by atoms with E-state index in [9.17, 15) is 0 Å². The summed E-state index contributed by atoms with van der Waals surface area (Å²) in [6.45, 7) is 21.1. The number of rotatable bonds is 4. The topological polar surface area (TPSA) is 0 Å². The lowest BCUT2D eigenvalue weighted by Gasteiger charge is -2.33. The van der Waals surface area contributed by atoms with Crippen molar-refractivity contribution >= 4 is 0 Å². The van der Waals surface area contributed by atoms with Crippen LogP contribution in [-0.2, 0) is 17.3 Å². The Bertz CT molecular complexity index is 464. The minimum absolute atomic E-state index is 0.204. The van der Waals surface area contributed by atoms with Crippen LogP contribution in [0.2, 0.25) is 0 Å². The van der Waals surface area contributed by atoms with E-state index in [1.807, 2.05) is 0 Å². The van der Waals surface area contributed by atoms with Gasteiger partial charge in [0.25, 0.3) is 0 Å². The summed E-state index contributed by atoms with van der Waals surface area (Å²) < 4.78 is 0. The van der Waals surface area contributed by atoms with Crippen molar-refractivity contribution in [3.8, 4) is 0 Å². The average Bonchev–Trinajstić information content (AvgIpc) is 2.34. The van der Waals surface area contributed by atoms with Gasteiger partial charge in [0.05, 0.1) is 0 Å². The Morgan fingerprint density at radius 2 is 1.38 bits per heavy atom. The van der Waals surface area contributed by atoms with Gasteiger partial charge in [-0.2, -0.15) is 0 Å². The Balaban J connectivity index is 3.27. The fraction of sp³-hybridized carbons (Fsp3) is 0.714. The molecule has 21 heavy (non-hydrogen) atoms. The maximum Gasteiger partial charge on any atom is -0.0126 e. The van der Waals surface area contributed by atoms with Crippen molar-refractivity contribution in [2.45, 2.75) is 92.4 Å². The van der Waals surface area contributed by atoms with Gasteiger partial charge in [0.2, 0.25) is 0 Å². The lowest BCUT2D eigenvalue weighted by Crippen LogP contribution is -2.24. The van der Waals surface area contributed by atoms with Crippen LogP contribution < -0.4 is 0 Å². The summed E-state index contributed by atoms with van der Waals surface area (Å²) in [5.74, 6) is 0. The van der Waals surface area contributed by atoms with Crippen LogP contribution in [-0.4, -0.2) is 0 Å². The van der Waals surface area contributed by atoms with Gasteiger partial charge in [0.15, 0.2) is 0 Å². The monoisotopic (exact) mass is 288 g/mol. The molecule has 0 saturated carbocycles. The quantitative estimate of drug-likeness (QED) is 0.581. The number of hydrogen-bond donors (Lipinski definition) is 0. The van der Waals surface area contributed by atoms with E-state index >= 15 is 0 Å². The molecule has 120 valence electrons. The van der Waals surface area contributed by atoms with Crippen molar-refractivity contribution in [2.75, 3.05) is 0 Å². The van der Waals surface area contributed by atoms with Crippen LogP contribution in [0, 0.1) is 5.41 Å². The molecule has 0 aliphatic carbocycles. The van der Waals surface area contributed by atoms with E-state index in [0.717, 1.165) is 0 Å². The van der Waals surface area contributed by atoms with Crippen LogP contribution in [0.5, 0.6) is 0 Å². The lowest BCUT2D eigenvalue weighted by atomic mass is 9.72. The Hall–Kier alpha value is -0.780. The predicted octanol–water partition coefficient (Wildman–Crippen LogP) is 6.65. The summed E-state index contributed by atoms with van der Waals surface area (Å²) >= 11 is 0. The molecule has 0 atom stereocenters. The SMILES string of the molecule is CCC(C)(C)CCc1cccc(C(C)(C)C)c1C(C)(C)C. The second kappa shape index (κ2) is 6.15. The van der Waals surface area contributed by atoms with Crippen LogP contribution in [0.4, 0.5) is 0 Å². The summed E-state index contributed by atoms with van der Waals surface area (Å²) in [5.41, 5.74) is 5.49. The summed E-state index contributed by atoms with van der Waals surface area (Å²) in [5, 5.41) is 0. The first-order valence-corrected chi connectivity index (χ1v) is 8.51. The third-order valence-electron chi connectivity index (χ3n) is 4.74. The second-order valence-electron chi connectivity index (χ2n) is 9.36. The predicted molar refractivity (Wildman–Crippen MR) is 96.2 cm³/mol. The van der Waals surface area contributed by atoms with E-state index in [0.29, 0.717) is 5.41 Å². The normalized spacial score (nSPS) is 13.6. The maximum absolute atomic E-state index is 2.39. The molecule has 1 aromatic rings. The average molecular weight is 289 g/mol. The van der Waals surface area contributed by atoms with Gasteiger partial charge >= 0.3 is 0 Å². The van der Waals surface area contributed by atoms with Crippen LogP contribution >= 0.6 is 0 Å². The zero-order valence-electron chi connectivity index (χ0n) is 15.9. The summed E-state index contributed by atoms with van der Waals surface area (Å²) in [6, 6.07) is 6.93. The zero-order valence-corrected chi connectivity index (χ0v) is 15.9. The molecule has 0 bridgehead atoms. The van der Waals surface area contributed by atoms with E-state index < -0.39 is 0 Å². The molecular weight excluding hydrogens is 252 g/mol. The molecule has 0 aliphatic rings. The highest BCUT2D eigenvalue weighted by Gasteiger charge is 2.27. The van der Waals surface area contributed by atoms with Gasteiger partial charge in [-0.15, -0.1) is 0 Å². The van der Waals surface area contributed by atoms with Gasteiger partial charge in [-0.25, -0.2) is 0 Å². The Kier molecular flexibility index (Phi) is 5.35. The third kappa shape index (κ3) is 4.87. The number of hydrogen-bond acceptors (Lipinski definition) is 0. The van der Waals surface area contributed by atoms with Crippen molar-refractivity contribution in [3.05, 3.63) is 34.9 Å². The van der Waals surface area contributed by atoms with Crippen molar-refractivity contribution < 1.29 is 0 Å². The van der Waals surface area contributed by atoms with Gasteiger partial charge in [-0.05, 0) is 45.8 Å². The van der Waals surface area contributed by atoms with Crippen LogP contribution in [0.25, 0.3) is 0 Å². The molecule has 0 radical (unpaired) electrons. The standard InChI is InChI=1S/C21H36/c1-10-21(8,9)15-14-16-12-11-13-17(19(2,3)4)18(16)20(5,6)7/h11-13H,10,14-15H2,1-9H3. The molecule has 0 fully saturated rings. The van der Waals surface area contributed by atoms with E-state index in [4.69, 9.17) is 0 Å². The summed E-state index contributed by atoms with van der Waals surface area (Å²) in [6.07, 6.45) is 3.70. The molecule has 0 aromatic heterocycles. The van der Waals surface area contributed by atoms with Crippen molar-refractivity contribution in [1.82, 2.24) is 0 Å². The molecule has 0 aliphatic heterocycles. The largest absolute Gasteiger partial charge is 0.0649 e. The van der Waals surface area contributed by atoms with E-state index in [1.165, 1.54) is 24.8 Å². The van der Waals surface area contributed by atoms with Crippen LogP contribution in [0.3, 0.4) is 0 Å². The van der Waals surface area contributed by atoms with Gasteiger partial charge in [0.1, 0.15) is 0 Å². The molecule has 0 heteroatoms. The van der Waals surface area contributed by atoms with E-state index in [2.05, 4.69) is 80.5 Å². The minimum Gasteiger partial charge on any atom is -0.0649 e. The van der Waals surface area contributed by atoms with Crippen molar-refractivity contribution in [3.63, 3.8) is 0 Å². The van der Waals surface area contributed by atoms with E-state index in [-0.39, 0.29) is 10.8 Å². The Morgan fingerprint density at radius 1 is 0.810 bits per heavy atom. The molecule has 1 aromatic carbocycles. The third-order valence-corrected chi connectivity index (χ3v) is 4.74. The molecule has 0 unspecified atom stereocenters. The number of benzene rings is 1. The highest BCUT2D eigenvalue weighted by Crippen LogP contribution is 2.37. The first kappa shape index (κ1) is 18.3. The summed E-state index contributed by atoms with van der Waals surface area (Å²) in [4.78, 5) is 0. The Labute approximate surface area is 133 Å². The van der Waals surface area contributed by atoms with Crippen molar-refractivity contribution in [2.24, 2.45) is 5.41 Å². The Morgan fingerprint density at radius 3 is 1.81 bits per heavy atom. The molecule has 0 heterocycles. The first-order valence-electron chi connectivity index (χ1n) is 8.51. The fourth-order valence-electron chi connectivity index (χ4n) is 2.97. The highest BCUT2D eigenvalue weighted by molar-refractivity contribution is 5.43. The number of aryl methyl sites for hydroxylation is 1.